The Hall–Kier alpha value is -0.521. The van der Waals surface area contributed by atoms with E-state index in [2.05, 4.69) is 25.9 Å². The van der Waals surface area contributed by atoms with Gasteiger partial charge in [-0.3, -0.25) is 0 Å². The zero-order valence-corrected chi connectivity index (χ0v) is 16.5. The maximum absolute atomic E-state index is 11.5. The van der Waals surface area contributed by atoms with Gasteiger partial charge in [-0.05, 0) is 0 Å². The topological polar surface area (TPSA) is 63.3 Å². The third-order valence-electron chi connectivity index (χ3n) is 4.37. The van der Waals surface area contributed by atoms with Gasteiger partial charge in [0, 0.05) is 0 Å². The van der Waals surface area contributed by atoms with Crippen LogP contribution in [0.25, 0.3) is 0 Å². The molecular formula is C16H29NO3Sn. The molecule has 0 spiro atoms. The Bertz CT molecular complexity index is 409. The van der Waals surface area contributed by atoms with Crippen LogP contribution in [0, 0.1) is 0 Å². The molecule has 120 valence electrons. The third kappa shape index (κ3) is 5.01. The molecule has 21 heavy (non-hydrogen) atoms. The molecule has 1 N–H and O–H groups in total. The molecule has 1 aromatic rings. The van der Waals surface area contributed by atoms with Crippen LogP contribution in [-0.4, -0.2) is 34.6 Å². The van der Waals surface area contributed by atoms with Crippen molar-refractivity contribution >= 4 is 27.9 Å². The minimum atomic E-state index is -2.72. The van der Waals surface area contributed by atoms with Crippen molar-refractivity contribution in [2.75, 3.05) is 0 Å². The monoisotopic (exact) mass is 403 g/mol. The van der Waals surface area contributed by atoms with Gasteiger partial charge in [-0.25, -0.2) is 0 Å². The average molecular weight is 402 g/mol. The van der Waals surface area contributed by atoms with E-state index < -0.39 is 24.3 Å². The van der Waals surface area contributed by atoms with E-state index in [0.29, 0.717) is 0 Å². The summed E-state index contributed by atoms with van der Waals surface area (Å²) in [5, 5.41) is 13.2. The Labute approximate surface area is 132 Å². The second kappa shape index (κ2) is 9.49. The van der Waals surface area contributed by atoms with Crippen molar-refractivity contribution in [1.29, 1.82) is 0 Å². The van der Waals surface area contributed by atoms with Crippen LogP contribution in [0.15, 0.2) is 10.8 Å². The molecule has 0 radical (unpaired) electrons. The molecule has 1 aromatic heterocycles. The fourth-order valence-corrected chi connectivity index (χ4v) is 19.1. The first-order chi connectivity index (χ1) is 10.1. The molecule has 4 nitrogen and oxygen atoms in total. The van der Waals surface area contributed by atoms with Gasteiger partial charge >= 0.3 is 132 Å². The van der Waals surface area contributed by atoms with Crippen LogP contribution >= 0.6 is 0 Å². The molecule has 0 unspecified atom stereocenters. The first kappa shape index (κ1) is 18.5. The number of hydrogen-bond donors (Lipinski definition) is 1. The number of carboxylic acid groups (broad SMARTS) is 1. The van der Waals surface area contributed by atoms with E-state index in [1.807, 2.05) is 0 Å². The van der Waals surface area contributed by atoms with Crippen molar-refractivity contribution < 1.29 is 14.4 Å². The summed E-state index contributed by atoms with van der Waals surface area (Å²) in [7, 11) is 0. The van der Waals surface area contributed by atoms with Gasteiger partial charge in [0.25, 0.3) is 0 Å². The van der Waals surface area contributed by atoms with Crippen LogP contribution in [0.1, 0.15) is 69.8 Å². The van der Waals surface area contributed by atoms with Crippen LogP contribution < -0.4 is 3.58 Å². The summed E-state index contributed by atoms with van der Waals surface area (Å²) in [5.41, 5.74) is 0.203. The Balaban J connectivity index is 3.16. The summed E-state index contributed by atoms with van der Waals surface area (Å²) in [4.78, 5) is 11.5. The number of aromatic nitrogens is 1. The molecule has 0 aliphatic heterocycles. The van der Waals surface area contributed by atoms with Crippen molar-refractivity contribution in [3.05, 3.63) is 12.0 Å². The second-order valence-electron chi connectivity index (χ2n) is 5.97. The van der Waals surface area contributed by atoms with Crippen molar-refractivity contribution in [3.63, 3.8) is 0 Å². The van der Waals surface area contributed by atoms with Gasteiger partial charge in [0.15, 0.2) is 0 Å². The molecule has 0 aliphatic carbocycles. The van der Waals surface area contributed by atoms with E-state index >= 15 is 0 Å². The predicted molar refractivity (Wildman–Crippen MR) is 88.0 cm³/mol. The average Bonchev–Trinajstić information content (AvgIpc) is 2.97. The molecule has 5 heteroatoms. The van der Waals surface area contributed by atoms with E-state index in [0.717, 1.165) is 3.58 Å². The first-order valence-corrected chi connectivity index (χ1v) is 15.8. The third-order valence-corrected chi connectivity index (χ3v) is 19.9. The Morgan fingerprint density at radius 1 is 1.10 bits per heavy atom. The summed E-state index contributed by atoms with van der Waals surface area (Å²) in [5.74, 6) is -0.927. The number of rotatable bonds is 11. The van der Waals surface area contributed by atoms with E-state index in [1.54, 1.807) is 6.26 Å². The zero-order valence-electron chi connectivity index (χ0n) is 13.7. The zero-order chi connectivity index (χ0) is 15.7. The van der Waals surface area contributed by atoms with Gasteiger partial charge in [0.2, 0.25) is 0 Å². The van der Waals surface area contributed by atoms with Crippen LogP contribution in [0.2, 0.25) is 13.3 Å². The number of carbonyl (C=O) groups is 1. The van der Waals surface area contributed by atoms with Gasteiger partial charge < -0.3 is 0 Å². The number of nitrogens with zero attached hydrogens (tertiary/aromatic N) is 1. The van der Waals surface area contributed by atoms with Crippen LogP contribution in [-0.2, 0) is 0 Å². The number of hydrogen-bond acceptors (Lipinski definition) is 3. The predicted octanol–water partition coefficient (Wildman–Crippen LogP) is 4.43. The summed E-state index contributed by atoms with van der Waals surface area (Å²) in [6.45, 7) is 6.63. The minimum absolute atomic E-state index is 0.203. The molecule has 1 rings (SSSR count). The summed E-state index contributed by atoms with van der Waals surface area (Å²) in [6.07, 6.45) is 8.79. The molecule has 0 saturated heterocycles. The van der Waals surface area contributed by atoms with Crippen LogP contribution in [0.4, 0.5) is 0 Å². The molecule has 0 aliphatic rings. The SMILES string of the molecule is CCC[CH2][Sn]([CH2]CCC)([CH2]CCC)[c]1conc1C(=O)O. The van der Waals surface area contributed by atoms with Crippen molar-refractivity contribution in [2.45, 2.75) is 72.6 Å². The Kier molecular flexibility index (Phi) is 8.37. The summed E-state index contributed by atoms with van der Waals surface area (Å²) in [6, 6.07) is 0. The summed E-state index contributed by atoms with van der Waals surface area (Å²) >= 11 is -2.72. The molecule has 0 bridgehead atoms. The molecule has 0 atom stereocenters. The van der Waals surface area contributed by atoms with Gasteiger partial charge in [-0.15, -0.1) is 0 Å². The van der Waals surface area contributed by atoms with E-state index in [9.17, 15) is 9.90 Å². The quantitative estimate of drug-likeness (QED) is 0.557. The van der Waals surface area contributed by atoms with E-state index in [-0.39, 0.29) is 5.69 Å². The molecule has 0 amide bonds. The van der Waals surface area contributed by atoms with Crippen LogP contribution in [0.5, 0.6) is 0 Å². The van der Waals surface area contributed by atoms with Gasteiger partial charge in [-0.2, -0.15) is 0 Å². The fourth-order valence-electron chi connectivity index (χ4n) is 3.09. The van der Waals surface area contributed by atoms with E-state index in [4.69, 9.17) is 4.52 Å². The summed E-state index contributed by atoms with van der Waals surface area (Å²) < 4.78 is 9.78. The normalized spacial score (nSPS) is 11.8. The Morgan fingerprint density at radius 3 is 1.95 bits per heavy atom. The number of aromatic carboxylic acids is 1. The molecular weight excluding hydrogens is 373 g/mol. The van der Waals surface area contributed by atoms with Gasteiger partial charge in [0.05, 0.1) is 0 Å². The molecule has 0 aromatic carbocycles. The van der Waals surface area contributed by atoms with Crippen molar-refractivity contribution in [2.24, 2.45) is 0 Å². The standard InChI is InChI=1S/C4H2NO3.3C4H9.Sn/c6-4(7)3-1-2-8-5-3;3*1-3-4-2;/h2H,(H,6,7);3*1,3-4H2,2H3;. The Morgan fingerprint density at radius 2 is 1.57 bits per heavy atom. The first-order valence-electron chi connectivity index (χ1n) is 8.29. The number of carboxylic acids is 1. The second-order valence-corrected chi connectivity index (χ2v) is 19.1. The van der Waals surface area contributed by atoms with Crippen molar-refractivity contribution in [1.82, 2.24) is 5.16 Å². The molecule has 1 heterocycles. The molecule has 0 fully saturated rings. The van der Waals surface area contributed by atoms with E-state index in [1.165, 1.54) is 51.8 Å². The fraction of sp³-hybridized carbons (Fsp3) is 0.750. The van der Waals surface area contributed by atoms with Crippen molar-refractivity contribution in [3.8, 4) is 0 Å². The molecule has 0 saturated carbocycles. The number of unbranched alkanes of at least 4 members (excludes halogenated alkanes) is 3. The maximum atomic E-state index is 11.5. The van der Waals surface area contributed by atoms with Gasteiger partial charge in [-0.1, -0.05) is 0 Å². The van der Waals surface area contributed by atoms with Crippen LogP contribution in [0.3, 0.4) is 0 Å². The van der Waals surface area contributed by atoms with Gasteiger partial charge in [0.1, 0.15) is 0 Å².